The minimum atomic E-state index is -0.0268. The Bertz CT molecular complexity index is 430. The van der Waals surface area contributed by atoms with E-state index in [-0.39, 0.29) is 42.7 Å². The van der Waals surface area contributed by atoms with Crippen LogP contribution in [0.2, 0.25) is 0 Å². The molecule has 2 amide bonds. The molecule has 0 spiro atoms. The van der Waals surface area contributed by atoms with Gasteiger partial charge < -0.3 is 20.3 Å². The quantitative estimate of drug-likeness (QED) is 0.661. The van der Waals surface area contributed by atoms with E-state index < -0.39 is 0 Å². The van der Waals surface area contributed by atoms with Gasteiger partial charge in [0.05, 0.1) is 19.3 Å². The summed E-state index contributed by atoms with van der Waals surface area (Å²) >= 11 is 0. The Labute approximate surface area is 162 Å². The fraction of sp³-hybridized carbons (Fsp3) is 0.875. The molecule has 3 aliphatic heterocycles. The largest absolute Gasteiger partial charge is 0.379 e. The molecular weight excluding hydrogens is 367 g/mol. The molecule has 0 aromatic heterocycles. The Morgan fingerprint density at radius 3 is 2.68 bits per heavy atom. The van der Waals surface area contributed by atoms with Crippen molar-refractivity contribution in [3.8, 4) is 0 Å². The molecule has 7 nitrogen and oxygen atoms in total. The lowest BCUT2D eigenvalue weighted by Gasteiger charge is -2.28. The number of ether oxygens (including phenoxy) is 1. The smallest absolute Gasteiger partial charge is 0.224 e. The van der Waals surface area contributed by atoms with Crippen molar-refractivity contribution < 1.29 is 14.3 Å². The lowest BCUT2D eigenvalue weighted by atomic mass is 10.1. The van der Waals surface area contributed by atoms with Gasteiger partial charge in [-0.3, -0.25) is 14.5 Å². The number of carbonyl (C=O) groups is 2. The number of morpholine rings is 1. The minimum absolute atomic E-state index is 0. The van der Waals surface area contributed by atoms with Gasteiger partial charge in [0.25, 0.3) is 0 Å². The lowest BCUT2D eigenvalue weighted by molar-refractivity contribution is -0.128. The van der Waals surface area contributed by atoms with Crippen LogP contribution in [0.4, 0.5) is 0 Å². The van der Waals surface area contributed by atoms with E-state index in [1.165, 1.54) is 0 Å². The summed E-state index contributed by atoms with van der Waals surface area (Å²) in [6, 6.07) is 0.283. The number of amides is 2. The SMILES string of the molecule is Cl.Cl.O=C(CC1CCCN1)NC1CC(=O)N(CCN2CCOCC2)C1. The second-order valence-electron chi connectivity index (χ2n) is 6.76. The van der Waals surface area contributed by atoms with Gasteiger partial charge in [0, 0.05) is 51.6 Å². The molecule has 25 heavy (non-hydrogen) atoms. The van der Waals surface area contributed by atoms with Crippen LogP contribution < -0.4 is 10.6 Å². The van der Waals surface area contributed by atoms with Crippen molar-refractivity contribution in [1.29, 1.82) is 0 Å². The molecule has 0 aromatic carbocycles. The fourth-order valence-electron chi connectivity index (χ4n) is 3.61. The third kappa shape index (κ3) is 6.90. The number of hydrogen-bond acceptors (Lipinski definition) is 5. The van der Waals surface area contributed by atoms with Gasteiger partial charge in [-0.15, -0.1) is 24.8 Å². The van der Waals surface area contributed by atoms with Gasteiger partial charge in [-0.1, -0.05) is 0 Å². The van der Waals surface area contributed by atoms with Crippen LogP contribution in [0, 0.1) is 0 Å². The second kappa shape index (κ2) is 11.2. The first-order chi connectivity index (χ1) is 11.2. The minimum Gasteiger partial charge on any atom is -0.379 e. The molecule has 0 aromatic rings. The molecule has 0 radical (unpaired) electrons. The molecule has 146 valence electrons. The number of likely N-dealkylation sites (tertiary alicyclic amines) is 1. The molecule has 2 atom stereocenters. The van der Waals surface area contributed by atoms with E-state index in [0.29, 0.717) is 25.4 Å². The molecule has 3 aliphatic rings. The second-order valence-corrected chi connectivity index (χ2v) is 6.76. The monoisotopic (exact) mass is 396 g/mol. The van der Waals surface area contributed by atoms with Gasteiger partial charge in [0.2, 0.25) is 11.8 Å². The highest BCUT2D eigenvalue weighted by molar-refractivity contribution is 5.85. The van der Waals surface area contributed by atoms with Gasteiger partial charge >= 0.3 is 0 Å². The fourth-order valence-corrected chi connectivity index (χ4v) is 3.61. The molecule has 2 unspecified atom stereocenters. The molecule has 3 saturated heterocycles. The van der Waals surface area contributed by atoms with Gasteiger partial charge in [0.1, 0.15) is 0 Å². The Kier molecular flexibility index (Phi) is 10.0. The maximum absolute atomic E-state index is 12.1. The topological polar surface area (TPSA) is 73.9 Å². The average Bonchev–Trinajstić information content (AvgIpc) is 3.16. The predicted molar refractivity (Wildman–Crippen MR) is 101 cm³/mol. The highest BCUT2D eigenvalue weighted by Crippen LogP contribution is 2.13. The molecule has 0 bridgehead atoms. The van der Waals surface area contributed by atoms with E-state index in [2.05, 4.69) is 15.5 Å². The third-order valence-electron chi connectivity index (χ3n) is 4.96. The maximum atomic E-state index is 12.1. The molecule has 3 rings (SSSR count). The van der Waals surface area contributed by atoms with Crippen LogP contribution in [0.25, 0.3) is 0 Å². The summed E-state index contributed by atoms with van der Waals surface area (Å²) in [5, 5.41) is 6.36. The summed E-state index contributed by atoms with van der Waals surface area (Å²) in [7, 11) is 0. The standard InChI is InChI=1S/C16H28N4O3.2ClH/c21-15(10-13-2-1-3-17-13)18-14-11-16(22)20(12-14)5-4-19-6-8-23-9-7-19;;/h13-14,17H,1-12H2,(H,18,21);2*1H. The Morgan fingerprint density at radius 1 is 1.24 bits per heavy atom. The molecule has 3 heterocycles. The molecule has 3 fully saturated rings. The number of hydrogen-bond donors (Lipinski definition) is 2. The predicted octanol–water partition coefficient (Wildman–Crippen LogP) is 0.0214. The normalized spacial score (nSPS) is 26.9. The zero-order chi connectivity index (χ0) is 16.1. The summed E-state index contributed by atoms with van der Waals surface area (Å²) in [4.78, 5) is 28.4. The van der Waals surface area contributed by atoms with Gasteiger partial charge in [-0.2, -0.15) is 0 Å². The summed E-state index contributed by atoms with van der Waals surface area (Å²) in [5.41, 5.74) is 0. The van der Waals surface area contributed by atoms with Crippen LogP contribution in [-0.4, -0.2) is 86.2 Å². The Hall–Kier alpha value is -0.600. The maximum Gasteiger partial charge on any atom is 0.224 e. The Morgan fingerprint density at radius 2 is 2.00 bits per heavy atom. The highest BCUT2D eigenvalue weighted by Gasteiger charge is 2.31. The Balaban J connectivity index is 0.00000156. The summed E-state index contributed by atoms with van der Waals surface area (Å²) in [6.07, 6.45) is 3.18. The van der Waals surface area contributed by atoms with E-state index in [0.717, 1.165) is 58.8 Å². The van der Waals surface area contributed by atoms with E-state index in [9.17, 15) is 9.59 Å². The molecular formula is C16H30Cl2N4O3. The van der Waals surface area contributed by atoms with Crippen LogP contribution in [0.5, 0.6) is 0 Å². The summed E-state index contributed by atoms with van der Waals surface area (Å²) in [5.74, 6) is 0.222. The van der Waals surface area contributed by atoms with Crippen molar-refractivity contribution in [3.63, 3.8) is 0 Å². The van der Waals surface area contributed by atoms with E-state index in [1.807, 2.05) is 4.90 Å². The van der Waals surface area contributed by atoms with E-state index in [4.69, 9.17) is 4.74 Å². The number of rotatable bonds is 6. The van der Waals surface area contributed by atoms with Crippen LogP contribution in [0.15, 0.2) is 0 Å². The van der Waals surface area contributed by atoms with E-state index in [1.54, 1.807) is 0 Å². The summed E-state index contributed by atoms with van der Waals surface area (Å²) in [6.45, 7) is 6.73. The zero-order valence-electron chi connectivity index (χ0n) is 14.6. The first-order valence-corrected chi connectivity index (χ1v) is 8.81. The number of nitrogens with zero attached hydrogens (tertiary/aromatic N) is 2. The molecule has 0 aliphatic carbocycles. The lowest BCUT2D eigenvalue weighted by Crippen LogP contribution is -2.43. The molecule has 2 N–H and O–H groups in total. The molecule has 9 heteroatoms. The van der Waals surface area contributed by atoms with Crippen molar-refractivity contribution in [1.82, 2.24) is 20.4 Å². The summed E-state index contributed by atoms with van der Waals surface area (Å²) < 4.78 is 5.33. The van der Waals surface area contributed by atoms with Crippen molar-refractivity contribution in [2.24, 2.45) is 0 Å². The number of halogens is 2. The van der Waals surface area contributed by atoms with Crippen LogP contribution in [0.1, 0.15) is 25.7 Å². The first-order valence-electron chi connectivity index (χ1n) is 8.81. The van der Waals surface area contributed by atoms with Gasteiger partial charge in [-0.25, -0.2) is 0 Å². The van der Waals surface area contributed by atoms with Crippen molar-refractivity contribution in [3.05, 3.63) is 0 Å². The van der Waals surface area contributed by atoms with Crippen LogP contribution in [0.3, 0.4) is 0 Å². The highest BCUT2D eigenvalue weighted by atomic mass is 35.5. The van der Waals surface area contributed by atoms with Gasteiger partial charge in [0.15, 0.2) is 0 Å². The number of carbonyl (C=O) groups excluding carboxylic acids is 2. The first kappa shape index (κ1) is 22.4. The van der Waals surface area contributed by atoms with Gasteiger partial charge in [-0.05, 0) is 19.4 Å². The molecule has 0 saturated carbocycles. The van der Waals surface area contributed by atoms with E-state index >= 15 is 0 Å². The third-order valence-corrected chi connectivity index (χ3v) is 4.96. The number of nitrogens with one attached hydrogen (secondary N) is 2. The van der Waals surface area contributed by atoms with Crippen molar-refractivity contribution >= 4 is 36.6 Å². The average molecular weight is 397 g/mol. The van der Waals surface area contributed by atoms with Crippen LogP contribution >= 0.6 is 24.8 Å². The van der Waals surface area contributed by atoms with Crippen molar-refractivity contribution in [2.45, 2.75) is 37.8 Å². The van der Waals surface area contributed by atoms with Crippen molar-refractivity contribution in [2.75, 3.05) is 52.5 Å². The van der Waals surface area contributed by atoms with Crippen LogP contribution in [-0.2, 0) is 14.3 Å². The zero-order valence-corrected chi connectivity index (χ0v) is 16.2.